The Hall–Kier alpha value is -1.73. The molecule has 0 heterocycles. The zero-order valence-corrected chi connectivity index (χ0v) is 6.25. The first kappa shape index (κ1) is 8.37. The van der Waals surface area contributed by atoms with Crippen molar-refractivity contribution < 1.29 is 9.18 Å². The molecule has 1 rings (SSSR count). The third kappa shape index (κ3) is 1.65. The Kier molecular flexibility index (Phi) is 2.51. The van der Waals surface area contributed by atoms with Crippen molar-refractivity contribution in [2.24, 2.45) is 4.99 Å². The number of rotatable bonds is 2. The maximum atomic E-state index is 12.8. The SMILES string of the molecule is C=Cc1ccc(F)c(N=C=O)c1. The highest BCUT2D eigenvalue weighted by molar-refractivity contribution is 5.57. The number of benzene rings is 1. The molecule has 0 aromatic heterocycles. The van der Waals surface area contributed by atoms with Gasteiger partial charge in [0.15, 0.2) is 0 Å². The van der Waals surface area contributed by atoms with Crippen LogP contribution in [0.2, 0.25) is 0 Å². The molecule has 0 N–H and O–H groups in total. The highest BCUT2D eigenvalue weighted by Gasteiger charge is 1.99. The smallest absolute Gasteiger partial charge is 0.211 e. The fraction of sp³-hybridized carbons (Fsp3) is 0. The second-order valence-electron chi connectivity index (χ2n) is 2.12. The summed E-state index contributed by atoms with van der Waals surface area (Å²) < 4.78 is 12.8. The number of nitrogens with zero attached hydrogens (tertiary/aromatic N) is 1. The molecule has 0 fully saturated rings. The number of aliphatic imine (C=N–C) groups is 1. The lowest BCUT2D eigenvalue weighted by molar-refractivity contribution is 0.564. The van der Waals surface area contributed by atoms with Crippen molar-refractivity contribution in [2.45, 2.75) is 0 Å². The standard InChI is InChI=1S/C9H6FNO/c1-2-7-3-4-8(10)9(5-7)11-6-12/h2-5H,1H2. The monoisotopic (exact) mass is 163 g/mol. The summed E-state index contributed by atoms with van der Waals surface area (Å²) in [4.78, 5) is 13.0. The molecule has 0 aliphatic carbocycles. The quantitative estimate of drug-likeness (QED) is 0.486. The second-order valence-corrected chi connectivity index (χ2v) is 2.12. The summed E-state index contributed by atoms with van der Waals surface area (Å²) >= 11 is 0. The van der Waals surface area contributed by atoms with E-state index in [9.17, 15) is 9.18 Å². The minimum atomic E-state index is -0.538. The lowest BCUT2D eigenvalue weighted by Gasteiger charge is -1.95. The van der Waals surface area contributed by atoms with Gasteiger partial charge in [0.2, 0.25) is 6.08 Å². The van der Waals surface area contributed by atoms with E-state index < -0.39 is 5.82 Å². The van der Waals surface area contributed by atoms with Crippen LogP contribution in [0.25, 0.3) is 6.08 Å². The number of hydrogen-bond donors (Lipinski definition) is 0. The number of hydrogen-bond acceptors (Lipinski definition) is 2. The predicted octanol–water partition coefficient (Wildman–Crippen LogP) is 2.44. The van der Waals surface area contributed by atoms with E-state index in [-0.39, 0.29) is 5.69 Å². The lowest BCUT2D eigenvalue weighted by atomic mass is 10.2. The molecule has 0 amide bonds. The average Bonchev–Trinajstić information content (AvgIpc) is 2.09. The van der Waals surface area contributed by atoms with Crippen molar-refractivity contribution in [2.75, 3.05) is 0 Å². The zero-order valence-electron chi connectivity index (χ0n) is 6.25. The van der Waals surface area contributed by atoms with Crippen LogP contribution in [0.5, 0.6) is 0 Å². The third-order valence-corrected chi connectivity index (χ3v) is 1.37. The van der Waals surface area contributed by atoms with E-state index in [1.165, 1.54) is 18.2 Å². The molecule has 1 aromatic carbocycles. The molecule has 0 saturated carbocycles. The van der Waals surface area contributed by atoms with Gasteiger partial charge in [-0.3, -0.25) is 0 Å². The summed E-state index contributed by atoms with van der Waals surface area (Å²) in [5, 5.41) is 0. The molecule has 0 atom stereocenters. The fourth-order valence-electron chi connectivity index (χ4n) is 0.792. The van der Waals surface area contributed by atoms with Crippen LogP contribution in [-0.4, -0.2) is 6.08 Å². The van der Waals surface area contributed by atoms with Crippen LogP contribution in [-0.2, 0) is 4.79 Å². The van der Waals surface area contributed by atoms with E-state index in [1.807, 2.05) is 0 Å². The number of isocyanates is 1. The Labute approximate surface area is 69.1 Å². The highest BCUT2D eigenvalue weighted by atomic mass is 19.1. The topological polar surface area (TPSA) is 29.4 Å². The largest absolute Gasteiger partial charge is 0.240 e. The molecule has 0 saturated heterocycles. The zero-order chi connectivity index (χ0) is 8.97. The minimum absolute atomic E-state index is 0.0117. The summed E-state index contributed by atoms with van der Waals surface area (Å²) in [6, 6.07) is 4.20. The predicted molar refractivity (Wildman–Crippen MR) is 44.3 cm³/mol. The fourth-order valence-corrected chi connectivity index (χ4v) is 0.792. The van der Waals surface area contributed by atoms with Gasteiger partial charge >= 0.3 is 0 Å². The first-order valence-electron chi connectivity index (χ1n) is 3.28. The van der Waals surface area contributed by atoms with E-state index in [0.717, 1.165) is 0 Å². The van der Waals surface area contributed by atoms with Gasteiger partial charge in [-0.05, 0) is 17.7 Å². The first-order chi connectivity index (χ1) is 5.77. The summed E-state index contributed by atoms with van der Waals surface area (Å²) in [5.74, 6) is -0.538. The summed E-state index contributed by atoms with van der Waals surface area (Å²) in [6.45, 7) is 3.50. The lowest BCUT2D eigenvalue weighted by Crippen LogP contribution is -1.77. The van der Waals surface area contributed by atoms with Crippen molar-refractivity contribution in [1.29, 1.82) is 0 Å². The van der Waals surface area contributed by atoms with Crippen molar-refractivity contribution in [3.05, 3.63) is 36.2 Å². The van der Waals surface area contributed by atoms with Crippen molar-refractivity contribution in [3.8, 4) is 0 Å². The Morgan fingerprint density at radius 1 is 1.58 bits per heavy atom. The van der Waals surface area contributed by atoms with Crippen LogP contribution in [0.4, 0.5) is 10.1 Å². The van der Waals surface area contributed by atoms with Gasteiger partial charge in [-0.1, -0.05) is 18.7 Å². The maximum Gasteiger partial charge on any atom is 0.240 e. The second kappa shape index (κ2) is 3.60. The van der Waals surface area contributed by atoms with E-state index >= 15 is 0 Å². The first-order valence-corrected chi connectivity index (χ1v) is 3.28. The summed E-state index contributed by atoms with van der Waals surface area (Å²) in [5.41, 5.74) is 0.702. The van der Waals surface area contributed by atoms with Crippen LogP contribution in [0.3, 0.4) is 0 Å². The van der Waals surface area contributed by atoms with Crippen LogP contribution in [0.1, 0.15) is 5.56 Å². The van der Waals surface area contributed by atoms with Gasteiger partial charge in [0.1, 0.15) is 11.5 Å². The molecule has 1 aromatic rings. The molecule has 60 valence electrons. The Balaban J connectivity index is 3.25. The molecule has 0 bridgehead atoms. The summed E-state index contributed by atoms with van der Waals surface area (Å²) in [7, 11) is 0. The Morgan fingerprint density at radius 3 is 2.92 bits per heavy atom. The number of halogens is 1. The molecule has 12 heavy (non-hydrogen) atoms. The van der Waals surface area contributed by atoms with Gasteiger partial charge < -0.3 is 0 Å². The molecule has 0 radical (unpaired) electrons. The van der Waals surface area contributed by atoms with Gasteiger partial charge in [-0.25, -0.2) is 9.18 Å². The maximum absolute atomic E-state index is 12.8. The van der Waals surface area contributed by atoms with Crippen molar-refractivity contribution >= 4 is 17.8 Å². The van der Waals surface area contributed by atoms with Gasteiger partial charge in [0, 0.05) is 0 Å². The molecule has 0 aliphatic heterocycles. The van der Waals surface area contributed by atoms with Crippen LogP contribution < -0.4 is 0 Å². The Morgan fingerprint density at radius 2 is 2.33 bits per heavy atom. The molecular formula is C9H6FNO. The van der Waals surface area contributed by atoms with Crippen LogP contribution in [0.15, 0.2) is 29.8 Å². The molecule has 0 unspecified atom stereocenters. The van der Waals surface area contributed by atoms with Gasteiger partial charge in [0.25, 0.3) is 0 Å². The van der Waals surface area contributed by atoms with Crippen LogP contribution >= 0.6 is 0 Å². The van der Waals surface area contributed by atoms with Crippen LogP contribution in [0, 0.1) is 5.82 Å². The molecule has 0 spiro atoms. The average molecular weight is 163 g/mol. The third-order valence-electron chi connectivity index (χ3n) is 1.37. The van der Waals surface area contributed by atoms with Gasteiger partial charge in [0.05, 0.1) is 0 Å². The van der Waals surface area contributed by atoms with Crippen molar-refractivity contribution in [1.82, 2.24) is 0 Å². The molecule has 3 heteroatoms. The van der Waals surface area contributed by atoms with Crippen molar-refractivity contribution in [3.63, 3.8) is 0 Å². The van der Waals surface area contributed by atoms with E-state index in [4.69, 9.17) is 0 Å². The summed E-state index contributed by atoms with van der Waals surface area (Å²) in [6.07, 6.45) is 2.82. The van der Waals surface area contributed by atoms with Gasteiger partial charge in [-0.15, -0.1) is 0 Å². The Bertz CT molecular complexity index is 354. The van der Waals surface area contributed by atoms with E-state index in [1.54, 1.807) is 12.1 Å². The van der Waals surface area contributed by atoms with Gasteiger partial charge in [-0.2, -0.15) is 4.99 Å². The minimum Gasteiger partial charge on any atom is -0.211 e. The molecule has 2 nitrogen and oxygen atoms in total. The molecular weight excluding hydrogens is 157 g/mol. The van der Waals surface area contributed by atoms with E-state index in [2.05, 4.69) is 11.6 Å². The van der Waals surface area contributed by atoms with E-state index in [0.29, 0.717) is 5.56 Å². The normalized spacial score (nSPS) is 8.75. The number of carbonyl (C=O) groups excluding carboxylic acids is 1. The molecule has 0 aliphatic rings. The highest BCUT2D eigenvalue weighted by Crippen LogP contribution is 2.18.